The van der Waals surface area contributed by atoms with Crippen LogP contribution in [0.2, 0.25) is 6.55 Å². The molecule has 1 aromatic carbocycles. The molecule has 0 unspecified atom stereocenters. The molecule has 1 aromatic rings. The van der Waals surface area contributed by atoms with Gasteiger partial charge in [-0.15, -0.1) is 0 Å². The predicted molar refractivity (Wildman–Crippen MR) is 76.4 cm³/mol. The SMILES string of the molecule is CCO[Si](C)(Cc1ccc(C(=O)OC)cc1)OCC. The van der Waals surface area contributed by atoms with Crippen LogP contribution in [0.5, 0.6) is 0 Å². The number of ether oxygens (including phenoxy) is 1. The average Bonchev–Trinajstić information content (AvgIpc) is 2.39. The molecular formula is C14H22O4Si. The van der Waals surface area contributed by atoms with Crippen LogP contribution in [0.1, 0.15) is 29.8 Å². The minimum atomic E-state index is -2.16. The maximum absolute atomic E-state index is 11.4. The molecule has 0 bridgehead atoms. The zero-order chi connectivity index (χ0) is 14.3. The van der Waals surface area contributed by atoms with Gasteiger partial charge in [-0.2, -0.15) is 0 Å². The van der Waals surface area contributed by atoms with Crippen LogP contribution < -0.4 is 0 Å². The van der Waals surface area contributed by atoms with Crippen molar-refractivity contribution < 1.29 is 18.4 Å². The van der Waals surface area contributed by atoms with Gasteiger partial charge in [-0.05, 0) is 38.1 Å². The van der Waals surface area contributed by atoms with Crippen molar-refractivity contribution in [1.29, 1.82) is 0 Å². The molecule has 0 saturated heterocycles. The Hall–Kier alpha value is -1.17. The molecule has 106 valence electrons. The Morgan fingerprint density at radius 1 is 1.11 bits per heavy atom. The van der Waals surface area contributed by atoms with Crippen molar-refractivity contribution in [3.05, 3.63) is 35.4 Å². The topological polar surface area (TPSA) is 44.8 Å². The summed E-state index contributed by atoms with van der Waals surface area (Å²) >= 11 is 0. The van der Waals surface area contributed by atoms with E-state index in [9.17, 15) is 4.79 Å². The number of carbonyl (C=O) groups excluding carboxylic acids is 1. The van der Waals surface area contributed by atoms with Crippen LogP contribution in [-0.4, -0.2) is 34.9 Å². The van der Waals surface area contributed by atoms with E-state index in [0.29, 0.717) is 18.8 Å². The number of esters is 1. The molecule has 0 aliphatic carbocycles. The first-order chi connectivity index (χ1) is 9.04. The number of hydrogen-bond donors (Lipinski definition) is 0. The monoisotopic (exact) mass is 282 g/mol. The molecule has 19 heavy (non-hydrogen) atoms. The lowest BCUT2D eigenvalue weighted by atomic mass is 10.1. The summed E-state index contributed by atoms with van der Waals surface area (Å²) in [4.78, 5) is 11.4. The van der Waals surface area contributed by atoms with Crippen LogP contribution >= 0.6 is 0 Å². The summed E-state index contributed by atoms with van der Waals surface area (Å²) in [6.45, 7) is 7.33. The first kappa shape index (κ1) is 15.9. The molecule has 0 heterocycles. The minimum Gasteiger partial charge on any atom is -0.465 e. The summed E-state index contributed by atoms with van der Waals surface area (Å²) in [5.74, 6) is -0.318. The van der Waals surface area contributed by atoms with E-state index < -0.39 is 8.56 Å². The molecule has 0 spiro atoms. The Bertz CT molecular complexity index is 396. The summed E-state index contributed by atoms with van der Waals surface area (Å²) < 4.78 is 16.3. The van der Waals surface area contributed by atoms with Crippen molar-refractivity contribution in [3.63, 3.8) is 0 Å². The van der Waals surface area contributed by atoms with Crippen molar-refractivity contribution in [2.45, 2.75) is 26.4 Å². The Morgan fingerprint density at radius 2 is 1.63 bits per heavy atom. The third-order valence-electron chi connectivity index (χ3n) is 2.80. The number of hydrogen-bond acceptors (Lipinski definition) is 4. The largest absolute Gasteiger partial charge is 0.465 e. The summed E-state index contributed by atoms with van der Waals surface area (Å²) in [5, 5.41) is 0. The van der Waals surface area contributed by atoms with Gasteiger partial charge in [0.05, 0.1) is 12.7 Å². The number of rotatable bonds is 7. The number of carbonyl (C=O) groups is 1. The van der Waals surface area contributed by atoms with Crippen LogP contribution in [-0.2, 0) is 19.6 Å². The molecule has 5 heteroatoms. The highest BCUT2D eigenvalue weighted by Crippen LogP contribution is 2.16. The first-order valence-corrected chi connectivity index (χ1v) is 9.02. The molecule has 0 N–H and O–H groups in total. The van der Waals surface area contributed by atoms with Crippen molar-refractivity contribution in [2.75, 3.05) is 20.3 Å². The Balaban J connectivity index is 2.77. The van der Waals surface area contributed by atoms with Crippen LogP contribution in [0.25, 0.3) is 0 Å². The lowest BCUT2D eigenvalue weighted by Crippen LogP contribution is -2.41. The van der Waals surface area contributed by atoms with Gasteiger partial charge >= 0.3 is 14.5 Å². The number of methoxy groups -OCH3 is 1. The second-order valence-corrected chi connectivity index (χ2v) is 7.56. The van der Waals surface area contributed by atoms with Gasteiger partial charge < -0.3 is 13.6 Å². The van der Waals surface area contributed by atoms with Gasteiger partial charge in [0.2, 0.25) is 0 Å². The smallest absolute Gasteiger partial charge is 0.339 e. The quantitative estimate of drug-likeness (QED) is 0.570. The van der Waals surface area contributed by atoms with Crippen molar-refractivity contribution in [3.8, 4) is 0 Å². The molecule has 0 aromatic heterocycles. The standard InChI is InChI=1S/C14H22O4Si/c1-5-17-19(4,18-6-2)11-12-7-9-13(10-8-12)14(15)16-3/h7-10H,5-6,11H2,1-4H3. The van der Waals surface area contributed by atoms with Crippen molar-refractivity contribution >= 4 is 14.5 Å². The fourth-order valence-electron chi connectivity index (χ4n) is 2.00. The van der Waals surface area contributed by atoms with E-state index in [1.807, 2.05) is 26.0 Å². The first-order valence-electron chi connectivity index (χ1n) is 6.49. The summed E-state index contributed by atoms with van der Waals surface area (Å²) in [7, 11) is -0.780. The van der Waals surface area contributed by atoms with Gasteiger partial charge in [-0.1, -0.05) is 12.1 Å². The van der Waals surface area contributed by atoms with E-state index in [-0.39, 0.29) is 5.97 Å². The normalized spacial score (nSPS) is 11.4. The number of benzene rings is 1. The molecule has 0 aliphatic heterocycles. The Morgan fingerprint density at radius 3 is 2.05 bits per heavy atom. The fraction of sp³-hybridized carbons (Fsp3) is 0.500. The third kappa shape index (κ3) is 4.78. The Kier molecular flexibility index (Phi) is 6.21. The fourth-order valence-corrected chi connectivity index (χ4v) is 4.49. The zero-order valence-corrected chi connectivity index (χ0v) is 13.1. The van der Waals surface area contributed by atoms with Gasteiger partial charge in [0, 0.05) is 19.3 Å². The van der Waals surface area contributed by atoms with Gasteiger partial charge in [-0.3, -0.25) is 0 Å². The summed E-state index contributed by atoms with van der Waals surface area (Å²) in [6.07, 6.45) is 0. The van der Waals surface area contributed by atoms with Crippen LogP contribution in [0.4, 0.5) is 0 Å². The lowest BCUT2D eigenvalue weighted by Gasteiger charge is -2.26. The summed E-state index contributed by atoms with van der Waals surface area (Å²) in [6, 6.07) is 8.17. The summed E-state index contributed by atoms with van der Waals surface area (Å²) in [5.41, 5.74) is 1.67. The lowest BCUT2D eigenvalue weighted by molar-refractivity contribution is 0.0600. The van der Waals surface area contributed by atoms with E-state index in [4.69, 9.17) is 8.85 Å². The molecule has 1 rings (SSSR count). The highest BCUT2D eigenvalue weighted by molar-refractivity contribution is 6.65. The van der Waals surface area contributed by atoms with E-state index in [1.165, 1.54) is 7.11 Å². The van der Waals surface area contributed by atoms with E-state index in [0.717, 1.165) is 11.6 Å². The van der Waals surface area contributed by atoms with Gasteiger partial charge in [-0.25, -0.2) is 4.79 Å². The highest BCUT2D eigenvalue weighted by Gasteiger charge is 2.31. The molecule has 0 atom stereocenters. The molecule has 0 saturated carbocycles. The second kappa shape index (κ2) is 7.42. The van der Waals surface area contributed by atoms with Crippen molar-refractivity contribution in [1.82, 2.24) is 0 Å². The van der Waals surface area contributed by atoms with Gasteiger partial charge in [0.25, 0.3) is 0 Å². The molecule has 4 nitrogen and oxygen atoms in total. The average molecular weight is 282 g/mol. The van der Waals surface area contributed by atoms with Gasteiger partial charge in [0.1, 0.15) is 0 Å². The third-order valence-corrected chi connectivity index (χ3v) is 5.65. The molecule has 0 radical (unpaired) electrons. The minimum absolute atomic E-state index is 0.318. The van der Waals surface area contributed by atoms with E-state index >= 15 is 0 Å². The Labute approximate surface area is 115 Å². The van der Waals surface area contributed by atoms with Crippen LogP contribution in [0.15, 0.2) is 24.3 Å². The van der Waals surface area contributed by atoms with Crippen LogP contribution in [0.3, 0.4) is 0 Å². The maximum Gasteiger partial charge on any atom is 0.339 e. The van der Waals surface area contributed by atoms with Crippen LogP contribution in [0, 0.1) is 0 Å². The predicted octanol–water partition coefficient (Wildman–Crippen LogP) is 2.70. The van der Waals surface area contributed by atoms with E-state index in [2.05, 4.69) is 11.3 Å². The van der Waals surface area contributed by atoms with E-state index in [1.54, 1.807) is 12.1 Å². The van der Waals surface area contributed by atoms with Crippen molar-refractivity contribution in [2.24, 2.45) is 0 Å². The maximum atomic E-state index is 11.4. The van der Waals surface area contributed by atoms with Gasteiger partial charge in [0.15, 0.2) is 0 Å². The molecule has 0 aliphatic rings. The second-order valence-electron chi connectivity index (χ2n) is 4.37. The molecule has 0 amide bonds. The zero-order valence-electron chi connectivity index (χ0n) is 12.1. The molecular weight excluding hydrogens is 260 g/mol. The highest BCUT2D eigenvalue weighted by atomic mass is 28.4. The molecule has 0 fully saturated rings.